The Balaban J connectivity index is 1.86. The molecule has 25 heavy (non-hydrogen) atoms. The fourth-order valence-corrected chi connectivity index (χ4v) is 3.53. The predicted octanol–water partition coefficient (Wildman–Crippen LogP) is 2.37. The van der Waals surface area contributed by atoms with Gasteiger partial charge in [0.2, 0.25) is 5.16 Å². The normalized spacial score (nSPS) is 11.1. The summed E-state index contributed by atoms with van der Waals surface area (Å²) in [5.41, 5.74) is 1.13. The SMILES string of the molecule is Cn1c(=O)c(Sc2nnnn2-c2ccccc2)c(O)c2ccccc21. The van der Waals surface area contributed by atoms with Crippen molar-refractivity contribution in [3.8, 4) is 11.4 Å². The summed E-state index contributed by atoms with van der Waals surface area (Å²) in [7, 11) is 1.67. The van der Waals surface area contributed by atoms with Gasteiger partial charge in [0.25, 0.3) is 5.56 Å². The van der Waals surface area contributed by atoms with Gasteiger partial charge in [0.15, 0.2) is 0 Å². The van der Waals surface area contributed by atoms with Gasteiger partial charge in [0.1, 0.15) is 10.6 Å². The smallest absolute Gasteiger partial charge is 0.268 e. The number of rotatable bonds is 3. The maximum atomic E-state index is 12.7. The minimum atomic E-state index is -0.302. The van der Waals surface area contributed by atoms with Crippen molar-refractivity contribution in [1.29, 1.82) is 0 Å². The molecule has 0 amide bonds. The van der Waals surface area contributed by atoms with Crippen molar-refractivity contribution in [2.45, 2.75) is 10.1 Å². The molecule has 0 fully saturated rings. The number of fused-ring (bicyclic) bond motifs is 1. The van der Waals surface area contributed by atoms with Crippen LogP contribution in [0.3, 0.4) is 0 Å². The summed E-state index contributed by atoms with van der Waals surface area (Å²) in [6.07, 6.45) is 0. The molecule has 4 rings (SSSR count). The molecule has 0 unspecified atom stereocenters. The highest BCUT2D eigenvalue weighted by Gasteiger charge is 2.19. The van der Waals surface area contributed by atoms with Gasteiger partial charge in [0.05, 0.1) is 11.2 Å². The summed E-state index contributed by atoms with van der Waals surface area (Å²) >= 11 is 1.04. The molecule has 8 heteroatoms. The minimum Gasteiger partial charge on any atom is -0.506 e. The van der Waals surface area contributed by atoms with Crippen LogP contribution in [0.15, 0.2) is 69.4 Å². The van der Waals surface area contributed by atoms with E-state index in [9.17, 15) is 9.90 Å². The second-order valence-electron chi connectivity index (χ2n) is 5.37. The van der Waals surface area contributed by atoms with E-state index in [0.717, 1.165) is 17.4 Å². The van der Waals surface area contributed by atoms with Crippen molar-refractivity contribution in [3.63, 3.8) is 0 Å². The molecule has 0 radical (unpaired) electrons. The molecule has 7 nitrogen and oxygen atoms in total. The first-order chi connectivity index (χ1) is 12.2. The van der Waals surface area contributed by atoms with Crippen LogP contribution in [-0.2, 0) is 7.05 Å². The Bertz CT molecular complexity index is 1120. The summed E-state index contributed by atoms with van der Waals surface area (Å²) < 4.78 is 3.03. The van der Waals surface area contributed by atoms with Crippen LogP contribution >= 0.6 is 11.8 Å². The molecule has 2 heterocycles. The lowest BCUT2D eigenvalue weighted by Gasteiger charge is -2.11. The minimum absolute atomic E-state index is 0.0636. The highest BCUT2D eigenvalue weighted by atomic mass is 32.2. The maximum absolute atomic E-state index is 12.7. The summed E-state index contributed by atoms with van der Waals surface area (Å²) in [6.45, 7) is 0. The molecule has 4 aromatic rings. The molecular weight excluding hydrogens is 338 g/mol. The Kier molecular flexibility index (Phi) is 3.73. The third kappa shape index (κ3) is 2.56. The summed E-state index contributed by atoms with van der Waals surface area (Å²) in [5.74, 6) is -0.0636. The fourth-order valence-electron chi connectivity index (χ4n) is 2.61. The van der Waals surface area contributed by atoms with Crippen molar-refractivity contribution >= 4 is 22.7 Å². The molecule has 0 spiro atoms. The molecule has 0 bridgehead atoms. The Morgan fingerprint density at radius 1 is 1.04 bits per heavy atom. The number of hydrogen-bond donors (Lipinski definition) is 1. The van der Waals surface area contributed by atoms with Crippen molar-refractivity contribution < 1.29 is 5.11 Å². The van der Waals surface area contributed by atoms with E-state index >= 15 is 0 Å². The molecular formula is C17H13N5O2S. The quantitative estimate of drug-likeness (QED) is 0.610. The number of tetrazole rings is 1. The monoisotopic (exact) mass is 351 g/mol. The number of aryl methyl sites for hydroxylation is 1. The second-order valence-corrected chi connectivity index (χ2v) is 6.35. The third-order valence-corrected chi connectivity index (χ3v) is 4.88. The molecule has 2 aromatic carbocycles. The van der Waals surface area contributed by atoms with Gasteiger partial charge < -0.3 is 9.67 Å². The molecule has 124 valence electrons. The Morgan fingerprint density at radius 3 is 2.56 bits per heavy atom. The molecule has 0 atom stereocenters. The van der Waals surface area contributed by atoms with Gasteiger partial charge in [0, 0.05) is 12.4 Å². The lowest BCUT2D eigenvalue weighted by Crippen LogP contribution is -2.19. The van der Waals surface area contributed by atoms with Gasteiger partial charge in [-0.1, -0.05) is 30.3 Å². The number of benzene rings is 2. The first-order valence-corrected chi connectivity index (χ1v) is 8.31. The van der Waals surface area contributed by atoms with Crippen LogP contribution in [0.2, 0.25) is 0 Å². The lowest BCUT2D eigenvalue weighted by atomic mass is 10.2. The molecule has 0 aliphatic carbocycles. The van der Waals surface area contributed by atoms with Crippen molar-refractivity contribution in [3.05, 3.63) is 65.0 Å². The number of aromatic hydroxyl groups is 1. The summed E-state index contributed by atoms with van der Waals surface area (Å²) in [4.78, 5) is 12.9. The van der Waals surface area contributed by atoms with Gasteiger partial charge in [-0.15, -0.1) is 5.10 Å². The van der Waals surface area contributed by atoms with Crippen LogP contribution in [0.25, 0.3) is 16.6 Å². The highest BCUT2D eigenvalue weighted by molar-refractivity contribution is 7.99. The summed E-state index contributed by atoms with van der Waals surface area (Å²) in [5, 5.41) is 23.2. The molecule has 0 aliphatic heterocycles. The van der Waals surface area contributed by atoms with Crippen LogP contribution in [0.4, 0.5) is 0 Å². The number of nitrogens with zero attached hydrogens (tertiary/aromatic N) is 5. The van der Waals surface area contributed by atoms with Crippen molar-refractivity contribution in [1.82, 2.24) is 24.8 Å². The predicted molar refractivity (Wildman–Crippen MR) is 94.1 cm³/mol. The van der Waals surface area contributed by atoms with E-state index in [0.29, 0.717) is 16.1 Å². The molecule has 2 aromatic heterocycles. The van der Waals surface area contributed by atoms with Crippen LogP contribution in [0.1, 0.15) is 0 Å². The molecule has 0 saturated heterocycles. The van der Waals surface area contributed by atoms with Gasteiger partial charge >= 0.3 is 0 Å². The Hall–Kier alpha value is -3.13. The molecule has 0 aliphatic rings. The van der Waals surface area contributed by atoms with Gasteiger partial charge in [-0.2, -0.15) is 4.68 Å². The van der Waals surface area contributed by atoms with E-state index in [4.69, 9.17) is 0 Å². The second kappa shape index (κ2) is 6.06. The van der Waals surface area contributed by atoms with E-state index in [1.807, 2.05) is 42.5 Å². The first kappa shape index (κ1) is 15.4. The van der Waals surface area contributed by atoms with Crippen LogP contribution < -0.4 is 5.56 Å². The largest absolute Gasteiger partial charge is 0.506 e. The highest BCUT2D eigenvalue weighted by Crippen LogP contribution is 2.35. The van der Waals surface area contributed by atoms with E-state index in [-0.39, 0.29) is 16.2 Å². The lowest BCUT2D eigenvalue weighted by molar-refractivity contribution is 0.465. The maximum Gasteiger partial charge on any atom is 0.268 e. The van der Waals surface area contributed by atoms with E-state index in [1.54, 1.807) is 19.2 Å². The van der Waals surface area contributed by atoms with Crippen LogP contribution in [0.5, 0.6) is 5.75 Å². The zero-order valence-corrected chi connectivity index (χ0v) is 14.0. The standard InChI is InChI=1S/C17H13N5O2S/c1-21-13-10-6-5-9-12(13)14(23)15(16(21)24)25-17-18-19-20-22(17)11-7-3-2-4-8-11/h2-10,23H,1H3. The average molecular weight is 351 g/mol. The number of pyridine rings is 1. The number of hydrogen-bond acceptors (Lipinski definition) is 6. The number of para-hydroxylation sites is 2. The van der Waals surface area contributed by atoms with Crippen LogP contribution in [0, 0.1) is 0 Å². The summed E-state index contributed by atoms with van der Waals surface area (Å²) in [6, 6.07) is 16.6. The first-order valence-electron chi connectivity index (χ1n) is 7.49. The molecule has 0 saturated carbocycles. The Morgan fingerprint density at radius 2 is 1.76 bits per heavy atom. The van der Waals surface area contributed by atoms with Gasteiger partial charge in [-0.05, 0) is 46.5 Å². The topological polar surface area (TPSA) is 85.8 Å². The van der Waals surface area contributed by atoms with E-state index in [2.05, 4.69) is 15.5 Å². The van der Waals surface area contributed by atoms with E-state index < -0.39 is 0 Å². The zero-order valence-electron chi connectivity index (χ0n) is 13.2. The van der Waals surface area contributed by atoms with Crippen LogP contribution in [-0.4, -0.2) is 29.9 Å². The molecule has 1 N–H and O–H groups in total. The average Bonchev–Trinajstić information content (AvgIpc) is 3.12. The van der Waals surface area contributed by atoms with Gasteiger partial charge in [-0.25, -0.2) is 0 Å². The van der Waals surface area contributed by atoms with Gasteiger partial charge in [-0.3, -0.25) is 4.79 Å². The van der Waals surface area contributed by atoms with Crippen molar-refractivity contribution in [2.75, 3.05) is 0 Å². The van der Waals surface area contributed by atoms with Crippen molar-refractivity contribution in [2.24, 2.45) is 7.05 Å². The Labute approximate surface area is 146 Å². The zero-order chi connectivity index (χ0) is 17.4. The third-order valence-electron chi connectivity index (χ3n) is 3.87. The number of aromatic nitrogens is 5. The van der Waals surface area contributed by atoms with E-state index in [1.165, 1.54) is 9.25 Å². The fraction of sp³-hybridized carbons (Fsp3) is 0.0588.